The van der Waals surface area contributed by atoms with E-state index in [4.69, 9.17) is 0 Å². The fourth-order valence-corrected chi connectivity index (χ4v) is 1.52. The van der Waals surface area contributed by atoms with Gasteiger partial charge in [0.25, 0.3) is 5.91 Å². The number of carbonyl (C=O) groups is 1. The third kappa shape index (κ3) is 1.37. The predicted octanol–water partition coefficient (Wildman–Crippen LogP) is 1.50. The first kappa shape index (κ1) is 8.10. The summed E-state index contributed by atoms with van der Waals surface area (Å²) in [6.07, 6.45) is 0.0164. The van der Waals surface area contributed by atoms with Crippen LogP contribution in [0.1, 0.15) is 22.8 Å². The summed E-state index contributed by atoms with van der Waals surface area (Å²) in [5.41, 5.74) is 2.75. The van der Waals surface area contributed by atoms with Crippen LogP contribution >= 0.6 is 0 Å². The van der Waals surface area contributed by atoms with Crippen LogP contribution in [-0.2, 0) is 0 Å². The van der Waals surface area contributed by atoms with Crippen molar-refractivity contribution in [3.8, 4) is 0 Å². The summed E-state index contributed by atoms with van der Waals surface area (Å²) in [5, 5.41) is 6.00. The predicted molar refractivity (Wildman–Crippen MR) is 51.7 cm³/mol. The van der Waals surface area contributed by atoms with Crippen molar-refractivity contribution in [2.24, 2.45) is 0 Å². The number of hydrogen-bond donors (Lipinski definition) is 2. The Morgan fingerprint density at radius 2 is 2.08 bits per heavy atom. The van der Waals surface area contributed by atoms with E-state index in [-0.39, 0.29) is 12.1 Å². The minimum atomic E-state index is 0.00458. The van der Waals surface area contributed by atoms with Crippen LogP contribution in [0.5, 0.6) is 0 Å². The Balaban J connectivity index is 2.49. The number of hydrogen-bond acceptors (Lipinski definition) is 2. The zero-order chi connectivity index (χ0) is 9.42. The molecule has 1 aliphatic rings. The molecule has 1 heterocycles. The van der Waals surface area contributed by atoms with Crippen molar-refractivity contribution < 1.29 is 4.79 Å². The maximum absolute atomic E-state index is 11.5. The smallest absolute Gasteiger partial charge is 0.254 e. The quantitative estimate of drug-likeness (QED) is 0.629. The molecule has 2 rings (SSSR count). The second-order valence-corrected chi connectivity index (χ2v) is 3.39. The molecule has 0 spiro atoms. The van der Waals surface area contributed by atoms with Crippen LogP contribution in [0.3, 0.4) is 0 Å². The average Bonchev–Trinajstić information content (AvgIpc) is 2.06. The number of amides is 1. The molecule has 0 saturated heterocycles. The molecule has 3 nitrogen and oxygen atoms in total. The van der Waals surface area contributed by atoms with Gasteiger partial charge in [0, 0.05) is 5.69 Å². The summed E-state index contributed by atoms with van der Waals surface area (Å²) in [7, 11) is 0. The Morgan fingerprint density at radius 3 is 2.85 bits per heavy atom. The molecule has 13 heavy (non-hydrogen) atoms. The van der Waals surface area contributed by atoms with Gasteiger partial charge in [0.2, 0.25) is 0 Å². The van der Waals surface area contributed by atoms with Gasteiger partial charge in [0.15, 0.2) is 0 Å². The molecule has 0 bridgehead atoms. The van der Waals surface area contributed by atoms with Gasteiger partial charge in [-0.3, -0.25) is 4.79 Å². The zero-order valence-corrected chi connectivity index (χ0v) is 7.72. The van der Waals surface area contributed by atoms with E-state index in [1.54, 1.807) is 0 Å². The third-order valence-corrected chi connectivity index (χ3v) is 2.14. The Kier molecular flexibility index (Phi) is 1.72. The molecule has 0 fully saturated rings. The normalized spacial score (nSPS) is 20.2. The van der Waals surface area contributed by atoms with Crippen LogP contribution < -0.4 is 10.6 Å². The second kappa shape index (κ2) is 2.76. The lowest BCUT2D eigenvalue weighted by atomic mass is 10.1. The largest absolute Gasteiger partial charge is 0.365 e. The first-order valence-electron chi connectivity index (χ1n) is 4.35. The van der Waals surface area contributed by atoms with Crippen LogP contribution in [0.25, 0.3) is 0 Å². The molecule has 2 N–H and O–H groups in total. The lowest BCUT2D eigenvalue weighted by Crippen LogP contribution is -2.42. The van der Waals surface area contributed by atoms with Gasteiger partial charge in [-0.25, -0.2) is 0 Å². The van der Waals surface area contributed by atoms with Gasteiger partial charge >= 0.3 is 0 Å². The first-order chi connectivity index (χ1) is 6.16. The van der Waals surface area contributed by atoms with Crippen LogP contribution in [0.15, 0.2) is 18.2 Å². The summed E-state index contributed by atoms with van der Waals surface area (Å²) in [4.78, 5) is 11.5. The van der Waals surface area contributed by atoms with Gasteiger partial charge in [-0.1, -0.05) is 11.6 Å². The van der Waals surface area contributed by atoms with Crippen LogP contribution in [0.4, 0.5) is 5.69 Å². The molecule has 1 aromatic rings. The highest BCUT2D eigenvalue weighted by Crippen LogP contribution is 2.20. The second-order valence-electron chi connectivity index (χ2n) is 3.39. The lowest BCUT2D eigenvalue weighted by molar-refractivity contribution is 0.0939. The minimum absolute atomic E-state index is 0.00458. The number of carbonyl (C=O) groups excluding carboxylic acids is 1. The average molecular weight is 176 g/mol. The van der Waals surface area contributed by atoms with Gasteiger partial charge in [-0.2, -0.15) is 0 Å². The molecular formula is C10H12N2O. The number of fused-ring (bicyclic) bond motifs is 1. The van der Waals surface area contributed by atoms with Gasteiger partial charge in [-0.15, -0.1) is 0 Å². The molecule has 0 aromatic heterocycles. The zero-order valence-electron chi connectivity index (χ0n) is 7.72. The van der Waals surface area contributed by atoms with Crippen LogP contribution in [-0.4, -0.2) is 12.1 Å². The Labute approximate surface area is 77.1 Å². The monoisotopic (exact) mass is 176 g/mol. The molecule has 0 saturated carbocycles. The van der Waals surface area contributed by atoms with Gasteiger partial charge in [-0.05, 0) is 26.0 Å². The molecule has 1 atom stereocenters. The highest BCUT2D eigenvalue weighted by molar-refractivity contribution is 6.01. The minimum Gasteiger partial charge on any atom is -0.365 e. The summed E-state index contributed by atoms with van der Waals surface area (Å²) >= 11 is 0. The first-order valence-corrected chi connectivity index (χ1v) is 4.35. The molecule has 1 amide bonds. The van der Waals surface area contributed by atoms with E-state index in [0.29, 0.717) is 0 Å². The lowest BCUT2D eigenvalue weighted by Gasteiger charge is -2.25. The van der Waals surface area contributed by atoms with Crippen molar-refractivity contribution in [3.05, 3.63) is 29.3 Å². The van der Waals surface area contributed by atoms with Crippen LogP contribution in [0, 0.1) is 6.92 Å². The fourth-order valence-electron chi connectivity index (χ4n) is 1.52. The van der Waals surface area contributed by atoms with Gasteiger partial charge in [0.1, 0.15) is 0 Å². The number of nitrogens with one attached hydrogen (secondary N) is 2. The molecule has 0 aliphatic carbocycles. The molecule has 3 heteroatoms. The van der Waals surface area contributed by atoms with Crippen molar-refractivity contribution in [2.45, 2.75) is 20.0 Å². The number of aryl methyl sites for hydroxylation is 1. The molecular weight excluding hydrogens is 164 g/mol. The van der Waals surface area contributed by atoms with Crippen molar-refractivity contribution in [1.29, 1.82) is 0 Å². The Hall–Kier alpha value is -1.51. The molecule has 1 aromatic carbocycles. The van der Waals surface area contributed by atoms with E-state index in [9.17, 15) is 4.79 Å². The summed E-state index contributed by atoms with van der Waals surface area (Å²) in [5.74, 6) is 0.00458. The highest BCUT2D eigenvalue weighted by Gasteiger charge is 2.19. The maximum Gasteiger partial charge on any atom is 0.254 e. The maximum atomic E-state index is 11.5. The summed E-state index contributed by atoms with van der Waals surface area (Å²) in [6.45, 7) is 3.90. The Morgan fingerprint density at radius 1 is 1.31 bits per heavy atom. The van der Waals surface area contributed by atoms with Gasteiger partial charge < -0.3 is 10.6 Å². The standard InChI is InChI=1S/C10H12N2O/c1-6-3-4-9-8(5-6)10(13)12-7(2)11-9/h3-5,7,11H,1-2H3,(H,12,13). The van der Waals surface area contributed by atoms with Crippen LogP contribution in [0.2, 0.25) is 0 Å². The third-order valence-electron chi connectivity index (χ3n) is 2.14. The number of rotatable bonds is 0. The Bertz CT molecular complexity index is 360. The van der Waals surface area contributed by atoms with E-state index in [2.05, 4.69) is 10.6 Å². The van der Waals surface area contributed by atoms with Crippen molar-refractivity contribution >= 4 is 11.6 Å². The van der Waals surface area contributed by atoms with Gasteiger partial charge in [0.05, 0.1) is 11.7 Å². The van der Waals surface area contributed by atoms with E-state index in [1.165, 1.54) is 0 Å². The van der Waals surface area contributed by atoms with Crippen molar-refractivity contribution in [3.63, 3.8) is 0 Å². The van der Waals surface area contributed by atoms with E-state index < -0.39 is 0 Å². The number of anilines is 1. The van der Waals surface area contributed by atoms with Crippen molar-refractivity contribution in [2.75, 3.05) is 5.32 Å². The van der Waals surface area contributed by atoms with E-state index >= 15 is 0 Å². The molecule has 1 aliphatic heterocycles. The molecule has 1 unspecified atom stereocenters. The molecule has 0 radical (unpaired) electrons. The highest BCUT2D eigenvalue weighted by atomic mass is 16.2. The molecule has 68 valence electrons. The number of benzene rings is 1. The summed E-state index contributed by atoms with van der Waals surface area (Å²) < 4.78 is 0. The fraction of sp³-hybridized carbons (Fsp3) is 0.300. The van der Waals surface area contributed by atoms with E-state index in [0.717, 1.165) is 16.8 Å². The van der Waals surface area contributed by atoms with E-state index in [1.807, 2.05) is 32.0 Å². The SMILES string of the molecule is Cc1ccc2c(c1)C(=O)NC(C)N2. The summed E-state index contributed by atoms with van der Waals surface area (Å²) in [6, 6.07) is 5.83. The topological polar surface area (TPSA) is 41.1 Å². The van der Waals surface area contributed by atoms with Crippen molar-refractivity contribution in [1.82, 2.24) is 5.32 Å².